The average molecular weight is 280 g/mol. The van der Waals surface area contributed by atoms with Crippen molar-refractivity contribution in [1.29, 1.82) is 0 Å². The van der Waals surface area contributed by atoms with Gasteiger partial charge in [-0.2, -0.15) is 0 Å². The number of rotatable bonds is 8. The highest BCUT2D eigenvalue weighted by Crippen LogP contribution is 2.32. The van der Waals surface area contributed by atoms with Crippen LogP contribution in [0.25, 0.3) is 0 Å². The van der Waals surface area contributed by atoms with Gasteiger partial charge in [-0.25, -0.2) is 0 Å². The van der Waals surface area contributed by atoms with E-state index in [0.29, 0.717) is 35.5 Å². The predicted molar refractivity (Wildman–Crippen MR) is 77.1 cm³/mol. The molecule has 0 aromatic rings. The lowest BCUT2D eigenvalue weighted by atomic mass is 9.87. The Hall–Kier alpha value is -1.58. The zero-order valence-electron chi connectivity index (χ0n) is 12.9. The summed E-state index contributed by atoms with van der Waals surface area (Å²) in [5, 5.41) is 0. The van der Waals surface area contributed by atoms with Gasteiger partial charge in [0.15, 0.2) is 11.5 Å². The molecule has 0 N–H and O–H groups in total. The minimum Gasteiger partial charge on any atom is -0.492 e. The van der Waals surface area contributed by atoms with Crippen LogP contribution in [0, 0.1) is 0 Å². The predicted octanol–water partition coefficient (Wildman–Crippen LogP) is 3.32. The first-order valence-corrected chi connectivity index (χ1v) is 7.25. The van der Waals surface area contributed by atoms with Crippen molar-refractivity contribution >= 4 is 11.6 Å². The van der Waals surface area contributed by atoms with Gasteiger partial charge < -0.3 is 9.47 Å². The summed E-state index contributed by atoms with van der Waals surface area (Å²) in [4.78, 5) is 24.5. The third kappa shape index (κ3) is 3.30. The SMILES string of the molecule is CCCCC1=C(OC)C(OC)=C(CCCC)C(=O)C1=O. The molecule has 0 saturated carbocycles. The van der Waals surface area contributed by atoms with Gasteiger partial charge in [0.2, 0.25) is 11.6 Å². The van der Waals surface area contributed by atoms with Crippen LogP contribution < -0.4 is 0 Å². The van der Waals surface area contributed by atoms with Crippen molar-refractivity contribution in [1.82, 2.24) is 0 Å². The summed E-state index contributed by atoms with van der Waals surface area (Å²) in [6.45, 7) is 4.09. The van der Waals surface area contributed by atoms with Gasteiger partial charge in [-0.1, -0.05) is 26.7 Å². The Kier molecular flexibility index (Phi) is 6.49. The lowest BCUT2D eigenvalue weighted by molar-refractivity contribution is -0.133. The van der Waals surface area contributed by atoms with E-state index < -0.39 is 11.6 Å². The Labute approximate surface area is 120 Å². The van der Waals surface area contributed by atoms with Crippen molar-refractivity contribution in [2.75, 3.05) is 14.2 Å². The van der Waals surface area contributed by atoms with E-state index in [9.17, 15) is 9.59 Å². The minimum absolute atomic E-state index is 0.429. The average Bonchev–Trinajstić information content (AvgIpc) is 2.46. The van der Waals surface area contributed by atoms with Crippen molar-refractivity contribution in [2.45, 2.75) is 52.4 Å². The second kappa shape index (κ2) is 7.88. The number of Topliss-reactive ketones (excluding diaryl/α,β-unsaturated/α-hetero) is 2. The highest BCUT2D eigenvalue weighted by molar-refractivity contribution is 6.50. The molecule has 0 aliphatic heterocycles. The molecular formula is C16H24O4. The maximum atomic E-state index is 12.3. The Morgan fingerprint density at radius 1 is 0.750 bits per heavy atom. The van der Waals surface area contributed by atoms with Crippen LogP contribution in [0.1, 0.15) is 52.4 Å². The number of hydrogen-bond donors (Lipinski definition) is 0. The molecular weight excluding hydrogens is 256 g/mol. The summed E-state index contributed by atoms with van der Waals surface area (Å²) >= 11 is 0. The van der Waals surface area contributed by atoms with E-state index in [1.54, 1.807) is 0 Å². The third-order valence-electron chi connectivity index (χ3n) is 3.48. The van der Waals surface area contributed by atoms with Gasteiger partial charge in [0.25, 0.3) is 0 Å². The summed E-state index contributed by atoms with van der Waals surface area (Å²) in [5.74, 6) is 0.0257. The molecule has 0 spiro atoms. The highest BCUT2D eigenvalue weighted by atomic mass is 16.5. The Morgan fingerprint density at radius 3 is 1.35 bits per heavy atom. The van der Waals surface area contributed by atoms with E-state index in [2.05, 4.69) is 0 Å². The van der Waals surface area contributed by atoms with Crippen LogP contribution in [-0.2, 0) is 19.1 Å². The van der Waals surface area contributed by atoms with Gasteiger partial charge in [0.05, 0.1) is 14.2 Å². The van der Waals surface area contributed by atoms with Gasteiger partial charge in [-0.3, -0.25) is 9.59 Å². The number of carbonyl (C=O) groups is 2. The third-order valence-corrected chi connectivity index (χ3v) is 3.48. The molecule has 20 heavy (non-hydrogen) atoms. The number of methoxy groups -OCH3 is 2. The van der Waals surface area contributed by atoms with E-state index in [0.717, 1.165) is 25.7 Å². The van der Waals surface area contributed by atoms with Crippen molar-refractivity contribution in [3.8, 4) is 0 Å². The van der Waals surface area contributed by atoms with E-state index in [1.165, 1.54) is 14.2 Å². The van der Waals surface area contributed by atoms with E-state index >= 15 is 0 Å². The highest BCUT2D eigenvalue weighted by Gasteiger charge is 2.35. The van der Waals surface area contributed by atoms with Crippen molar-refractivity contribution in [3.05, 3.63) is 22.7 Å². The molecule has 0 unspecified atom stereocenters. The maximum Gasteiger partial charge on any atom is 0.233 e. The standard InChI is InChI=1S/C16H24O4/c1-5-7-9-11-13(17)14(18)12(10-8-6-2)16(20-4)15(11)19-3/h5-10H2,1-4H3. The van der Waals surface area contributed by atoms with Crippen LogP contribution >= 0.6 is 0 Å². The summed E-state index contributed by atoms with van der Waals surface area (Å²) in [7, 11) is 3.03. The van der Waals surface area contributed by atoms with Crippen molar-refractivity contribution < 1.29 is 19.1 Å². The van der Waals surface area contributed by atoms with Crippen LogP contribution in [0.15, 0.2) is 22.7 Å². The first kappa shape index (κ1) is 16.5. The summed E-state index contributed by atoms with van der Waals surface area (Å²) < 4.78 is 10.7. The Balaban J connectivity index is 3.25. The molecule has 0 bridgehead atoms. The number of carbonyl (C=O) groups excluding carboxylic acids is 2. The first-order valence-electron chi connectivity index (χ1n) is 7.25. The number of unbranched alkanes of at least 4 members (excludes halogenated alkanes) is 2. The first-order chi connectivity index (χ1) is 9.62. The fourth-order valence-electron chi connectivity index (χ4n) is 2.35. The molecule has 0 aromatic carbocycles. The minimum atomic E-state index is -0.429. The fraction of sp³-hybridized carbons (Fsp3) is 0.625. The second-order valence-corrected chi connectivity index (χ2v) is 4.89. The summed E-state index contributed by atoms with van der Waals surface area (Å²) in [5.41, 5.74) is 0.910. The van der Waals surface area contributed by atoms with Gasteiger partial charge in [0.1, 0.15) is 0 Å². The van der Waals surface area contributed by atoms with E-state index in [1.807, 2.05) is 13.8 Å². The van der Waals surface area contributed by atoms with Gasteiger partial charge in [-0.15, -0.1) is 0 Å². The van der Waals surface area contributed by atoms with Crippen LogP contribution in [0.2, 0.25) is 0 Å². The fourth-order valence-corrected chi connectivity index (χ4v) is 2.35. The molecule has 0 atom stereocenters. The maximum absolute atomic E-state index is 12.3. The zero-order chi connectivity index (χ0) is 15.1. The quantitative estimate of drug-likeness (QED) is 0.505. The molecule has 4 heteroatoms. The molecule has 4 nitrogen and oxygen atoms in total. The van der Waals surface area contributed by atoms with Crippen LogP contribution in [-0.4, -0.2) is 25.8 Å². The number of allylic oxidation sites excluding steroid dienone is 2. The normalized spacial score (nSPS) is 16.0. The molecule has 0 heterocycles. The van der Waals surface area contributed by atoms with E-state index in [-0.39, 0.29) is 0 Å². The Bertz CT molecular complexity index is 401. The van der Waals surface area contributed by atoms with Gasteiger partial charge in [-0.05, 0) is 25.7 Å². The summed E-state index contributed by atoms with van der Waals surface area (Å²) in [6.07, 6.45) is 4.72. The number of ether oxygens (including phenoxy) is 2. The second-order valence-electron chi connectivity index (χ2n) is 4.89. The van der Waals surface area contributed by atoms with Gasteiger partial charge in [0, 0.05) is 11.1 Å². The molecule has 0 saturated heterocycles. The van der Waals surface area contributed by atoms with Crippen LogP contribution in [0.3, 0.4) is 0 Å². The van der Waals surface area contributed by atoms with Crippen molar-refractivity contribution in [2.24, 2.45) is 0 Å². The number of ketones is 2. The molecule has 1 rings (SSSR count). The van der Waals surface area contributed by atoms with E-state index in [4.69, 9.17) is 9.47 Å². The smallest absolute Gasteiger partial charge is 0.233 e. The molecule has 0 aromatic heterocycles. The Morgan fingerprint density at radius 2 is 1.10 bits per heavy atom. The molecule has 0 fully saturated rings. The van der Waals surface area contributed by atoms with Crippen LogP contribution in [0.5, 0.6) is 0 Å². The molecule has 1 aliphatic carbocycles. The largest absolute Gasteiger partial charge is 0.492 e. The lowest BCUT2D eigenvalue weighted by Gasteiger charge is -2.22. The number of hydrogen-bond acceptors (Lipinski definition) is 4. The lowest BCUT2D eigenvalue weighted by Crippen LogP contribution is -2.27. The topological polar surface area (TPSA) is 52.6 Å². The molecule has 112 valence electrons. The monoisotopic (exact) mass is 280 g/mol. The zero-order valence-corrected chi connectivity index (χ0v) is 12.9. The molecule has 1 aliphatic rings. The molecule has 0 radical (unpaired) electrons. The summed E-state index contributed by atoms with van der Waals surface area (Å²) in [6, 6.07) is 0. The molecule has 0 amide bonds. The van der Waals surface area contributed by atoms with Gasteiger partial charge >= 0.3 is 0 Å². The van der Waals surface area contributed by atoms with Crippen LogP contribution in [0.4, 0.5) is 0 Å². The van der Waals surface area contributed by atoms with Crippen molar-refractivity contribution in [3.63, 3.8) is 0 Å².